The van der Waals surface area contributed by atoms with Crippen molar-refractivity contribution in [2.24, 2.45) is 0 Å². The maximum Gasteiger partial charge on any atom is 0.0346 e. The summed E-state index contributed by atoms with van der Waals surface area (Å²) in [4.78, 5) is 6.38. The molecule has 0 saturated heterocycles. The van der Waals surface area contributed by atoms with Crippen LogP contribution in [0.2, 0.25) is 0 Å². The van der Waals surface area contributed by atoms with Crippen LogP contribution in [0.4, 0.5) is 0 Å². The molecule has 0 unspecified atom stereocenters. The third kappa shape index (κ3) is 2.58. The van der Waals surface area contributed by atoms with E-state index in [1.807, 2.05) is 12.4 Å². The molecule has 2 rings (SSSR count). The zero-order valence-electron chi connectivity index (χ0n) is 9.98. The van der Waals surface area contributed by atoms with Gasteiger partial charge < -0.3 is 4.90 Å². The van der Waals surface area contributed by atoms with Crippen molar-refractivity contribution in [1.29, 1.82) is 0 Å². The smallest absolute Gasteiger partial charge is 0.0346 e. The average Bonchev–Trinajstić information content (AvgIpc) is 2.29. The zero-order valence-corrected chi connectivity index (χ0v) is 9.98. The monoisotopic (exact) mass is 214 g/mol. The highest BCUT2D eigenvalue weighted by Gasteiger charge is 2.00. The van der Waals surface area contributed by atoms with Gasteiger partial charge in [0, 0.05) is 17.8 Å². The van der Waals surface area contributed by atoms with Crippen LogP contribution in [0, 0.1) is 0 Å². The molecule has 0 aliphatic heterocycles. The van der Waals surface area contributed by atoms with Crippen LogP contribution in [0.25, 0.3) is 10.8 Å². The van der Waals surface area contributed by atoms with E-state index in [0.717, 1.165) is 13.0 Å². The SMILES string of the molecule is CN(C)CCCc1cccc2cnccc12. The maximum atomic E-state index is 4.15. The Balaban J connectivity index is 2.17. The Bertz CT molecular complexity index is 458. The Hall–Kier alpha value is -1.41. The van der Waals surface area contributed by atoms with Crippen LogP contribution < -0.4 is 0 Å². The van der Waals surface area contributed by atoms with Crippen LogP contribution in [0.1, 0.15) is 12.0 Å². The predicted molar refractivity (Wildman–Crippen MR) is 68.6 cm³/mol. The molecule has 0 aliphatic carbocycles. The van der Waals surface area contributed by atoms with Crippen molar-refractivity contribution in [2.75, 3.05) is 20.6 Å². The van der Waals surface area contributed by atoms with E-state index in [9.17, 15) is 0 Å². The lowest BCUT2D eigenvalue weighted by Gasteiger charge is -2.10. The van der Waals surface area contributed by atoms with Crippen molar-refractivity contribution in [3.05, 3.63) is 42.2 Å². The molecule has 1 aromatic carbocycles. The van der Waals surface area contributed by atoms with E-state index < -0.39 is 0 Å². The first-order chi connectivity index (χ1) is 7.77. The summed E-state index contributed by atoms with van der Waals surface area (Å²) in [7, 11) is 4.24. The number of nitrogens with zero attached hydrogens (tertiary/aromatic N) is 2. The van der Waals surface area contributed by atoms with Crippen LogP contribution in [-0.2, 0) is 6.42 Å². The highest BCUT2D eigenvalue weighted by atomic mass is 15.0. The van der Waals surface area contributed by atoms with Gasteiger partial charge in [0.25, 0.3) is 0 Å². The number of aryl methyl sites for hydroxylation is 1. The standard InChI is InChI=1S/C14H18N2/c1-16(2)10-4-7-12-5-3-6-13-11-15-9-8-14(12)13/h3,5-6,8-9,11H,4,7,10H2,1-2H3. The van der Waals surface area contributed by atoms with Crippen LogP contribution in [0.5, 0.6) is 0 Å². The van der Waals surface area contributed by atoms with Gasteiger partial charge in [0.05, 0.1) is 0 Å². The van der Waals surface area contributed by atoms with Crippen molar-refractivity contribution in [3.8, 4) is 0 Å². The molecule has 1 heterocycles. The van der Waals surface area contributed by atoms with Gasteiger partial charge in [-0.05, 0) is 50.5 Å². The molecule has 0 fully saturated rings. The van der Waals surface area contributed by atoms with Gasteiger partial charge in [-0.2, -0.15) is 0 Å². The molecule has 0 aliphatic rings. The number of hydrogen-bond acceptors (Lipinski definition) is 2. The quantitative estimate of drug-likeness (QED) is 0.778. The summed E-state index contributed by atoms with van der Waals surface area (Å²) < 4.78 is 0. The lowest BCUT2D eigenvalue weighted by molar-refractivity contribution is 0.400. The van der Waals surface area contributed by atoms with Gasteiger partial charge in [0.1, 0.15) is 0 Å². The third-order valence-electron chi connectivity index (χ3n) is 2.82. The van der Waals surface area contributed by atoms with E-state index in [-0.39, 0.29) is 0 Å². The van der Waals surface area contributed by atoms with Crippen molar-refractivity contribution in [3.63, 3.8) is 0 Å². The zero-order chi connectivity index (χ0) is 11.4. The molecular weight excluding hydrogens is 196 g/mol. The highest BCUT2D eigenvalue weighted by molar-refractivity contribution is 5.84. The first-order valence-corrected chi connectivity index (χ1v) is 5.74. The second kappa shape index (κ2) is 5.08. The summed E-state index contributed by atoms with van der Waals surface area (Å²) in [5.74, 6) is 0. The molecule has 1 aromatic heterocycles. The Morgan fingerprint density at radius 1 is 1.19 bits per heavy atom. The minimum atomic E-state index is 1.14. The predicted octanol–water partition coefficient (Wildman–Crippen LogP) is 2.73. The molecular formula is C14H18N2. The normalized spacial score (nSPS) is 11.2. The van der Waals surface area contributed by atoms with Crippen LogP contribution in [-0.4, -0.2) is 30.5 Å². The van der Waals surface area contributed by atoms with E-state index in [1.165, 1.54) is 22.8 Å². The molecule has 2 aromatic rings. The van der Waals surface area contributed by atoms with Gasteiger partial charge in [-0.15, -0.1) is 0 Å². The van der Waals surface area contributed by atoms with E-state index in [0.29, 0.717) is 0 Å². The number of fused-ring (bicyclic) bond motifs is 1. The highest BCUT2D eigenvalue weighted by Crippen LogP contribution is 2.18. The van der Waals surface area contributed by atoms with Crippen LogP contribution in [0.3, 0.4) is 0 Å². The van der Waals surface area contributed by atoms with Crippen LogP contribution >= 0.6 is 0 Å². The van der Waals surface area contributed by atoms with E-state index >= 15 is 0 Å². The molecule has 0 spiro atoms. The fourth-order valence-electron chi connectivity index (χ4n) is 1.99. The molecule has 0 saturated carbocycles. The van der Waals surface area contributed by atoms with Crippen molar-refractivity contribution < 1.29 is 0 Å². The fraction of sp³-hybridized carbons (Fsp3) is 0.357. The molecule has 0 atom stereocenters. The molecule has 84 valence electrons. The summed E-state index contributed by atoms with van der Waals surface area (Å²) in [5.41, 5.74) is 1.43. The summed E-state index contributed by atoms with van der Waals surface area (Å²) in [6.45, 7) is 1.14. The molecule has 0 N–H and O–H groups in total. The van der Waals surface area contributed by atoms with E-state index in [4.69, 9.17) is 0 Å². The molecule has 2 nitrogen and oxygen atoms in total. The van der Waals surface area contributed by atoms with Gasteiger partial charge in [-0.3, -0.25) is 4.98 Å². The van der Waals surface area contributed by atoms with Gasteiger partial charge >= 0.3 is 0 Å². The molecule has 0 radical (unpaired) electrons. The number of aromatic nitrogens is 1. The minimum absolute atomic E-state index is 1.14. The third-order valence-corrected chi connectivity index (χ3v) is 2.82. The topological polar surface area (TPSA) is 16.1 Å². The first-order valence-electron chi connectivity index (χ1n) is 5.74. The number of hydrogen-bond donors (Lipinski definition) is 0. The molecule has 0 amide bonds. The Morgan fingerprint density at radius 3 is 2.88 bits per heavy atom. The second-order valence-electron chi connectivity index (χ2n) is 4.42. The second-order valence-corrected chi connectivity index (χ2v) is 4.42. The molecule has 16 heavy (non-hydrogen) atoms. The summed E-state index contributed by atoms with van der Waals surface area (Å²) in [6.07, 6.45) is 6.15. The minimum Gasteiger partial charge on any atom is -0.309 e. The molecule has 2 heteroatoms. The van der Waals surface area contributed by atoms with Gasteiger partial charge in [-0.25, -0.2) is 0 Å². The molecule has 0 bridgehead atoms. The summed E-state index contributed by atoms with van der Waals surface area (Å²) in [6, 6.07) is 8.57. The Morgan fingerprint density at radius 2 is 2.06 bits per heavy atom. The number of pyridine rings is 1. The number of benzene rings is 1. The van der Waals surface area contributed by atoms with Crippen molar-refractivity contribution in [1.82, 2.24) is 9.88 Å². The van der Waals surface area contributed by atoms with Gasteiger partial charge in [-0.1, -0.05) is 18.2 Å². The van der Waals surface area contributed by atoms with Crippen LogP contribution in [0.15, 0.2) is 36.7 Å². The van der Waals surface area contributed by atoms with E-state index in [1.54, 1.807) is 0 Å². The van der Waals surface area contributed by atoms with Gasteiger partial charge in [0.15, 0.2) is 0 Å². The summed E-state index contributed by atoms with van der Waals surface area (Å²) >= 11 is 0. The summed E-state index contributed by atoms with van der Waals surface area (Å²) in [5, 5.41) is 2.58. The lowest BCUT2D eigenvalue weighted by atomic mass is 10.0. The Kier molecular flexibility index (Phi) is 3.52. The number of rotatable bonds is 4. The largest absolute Gasteiger partial charge is 0.309 e. The van der Waals surface area contributed by atoms with E-state index in [2.05, 4.69) is 48.2 Å². The Labute approximate surface area is 96.9 Å². The fourth-order valence-corrected chi connectivity index (χ4v) is 1.99. The van der Waals surface area contributed by atoms with Gasteiger partial charge in [0.2, 0.25) is 0 Å². The van der Waals surface area contributed by atoms with Crippen molar-refractivity contribution >= 4 is 10.8 Å². The lowest BCUT2D eigenvalue weighted by Crippen LogP contribution is -2.13. The average molecular weight is 214 g/mol. The van der Waals surface area contributed by atoms with Crippen molar-refractivity contribution in [2.45, 2.75) is 12.8 Å². The first kappa shape index (κ1) is 11.1. The maximum absolute atomic E-state index is 4.15.